The summed E-state index contributed by atoms with van der Waals surface area (Å²) in [6.07, 6.45) is 10.3. The quantitative estimate of drug-likeness (QED) is 0.560. The summed E-state index contributed by atoms with van der Waals surface area (Å²) in [6.45, 7) is 7.70. The predicted molar refractivity (Wildman–Crippen MR) is 126 cm³/mol. The molecule has 0 saturated carbocycles. The summed E-state index contributed by atoms with van der Waals surface area (Å²) >= 11 is 0. The lowest BCUT2D eigenvalue weighted by atomic mass is 9.89. The van der Waals surface area contributed by atoms with Crippen LogP contribution in [0.2, 0.25) is 0 Å². The fraction of sp³-hybridized carbons (Fsp3) is 0.370. The summed E-state index contributed by atoms with van der Waals surface area (Å²) in [5.74, 6) is 2.35. The van der Waals surface area contributed by atoms with Crippen LogP contribution in [0.3, 0.4) is 0 Å². The summed E-state index contributed by atoms with van der Waals surface area (Å²) in [5.41, 5.74) is 7.26. The van der Waals surface area contributed by atoms with Gasteiger partial charge in [-0.25, -0.2) is 4.98 Å². The number of aromatic amines is 1. The number of imidazole rings is 1. The van der Waals surface area contributed by atoms with E-state index >= 15 is 0 Å². The molecule has 1 N–H and O–H groups in total. The Hall–Kier alpha value is -3.01. The van der Waals surface area contributed by atoms with Crippen molar-refractivity contribution in [2.24, 2.45) is 0 Å². The number of methoxy groups -OCH3 is 1. The van der Waals surface area contributed by atoms with Gasteiger partial charge >= 0.3 is 0 Å². The number of H-pyrrole nitrogens is 1. The van der Waals surface area contributed by atoms with Crippen LogP contribution in [0.25, 0.3) is 11.0 Å². The van der Waals surface area contributed by atoms with Crippen molar-refractivity contribution in [3.05, 3.63) is 82.8 Å². The minimum absolute atomic E-state index is 0.132. The Labute approximate surface area is 184 Å². The molecule has 0 amide bonds. The van der Waals surface area contributed by atoms with E-state index in [1.54, 1.807) is 7.11 Å². The van der Waals surface area contributed by atoms with E-state index in [2.05, 4.69) is 79.2 Å². The molecule has 2 heterocycles. The zero-order valence-corrected chi connectivity index (χ0v) is 18.9. The largest absolute Gasteiger partial charge is 0.497 e. The van der Waals surface area contributed by atoms with Gasteiger partial charge in [0.15, 0.2) is 0 Å². The molecule has 2 aliphatic rings. The summed E-state index contributed by atoms with van der Waals surface area (Å²) < 4.78 is 5.45. The molecule has 2 aromatic carbocycles. The second kappa shape index (κ2) is 7.60. The number of nitrogens with one attached hydrogen (secondary N) is 1. The van der Waals surface area contributed by atoms with E-state index in [0.29, 0.717) is 5.92 Å². The maximum atomic E-state index is 5.45. The second-order valence-corrected chi connectivity index (χ2v) is 9.18. The third kappa shape index (κ3) is 3.44. The molecule has 1 fully saturated rings. The lowest BCUT2D eigenvalue weighted by molar-refractivity contribution is 0.200. The van der Waals surface area contributed by atoms with Gasteiger partial charge in [0.05, 0.1) is 23.7 Å². The first-order chi connectivity index (χ1) is 15.0. The lowest BCUT2D eigenvalue weighted by Gasteiger charge is -2.37. The first-order valence-electron chi connectivity index (χ1n) is 11.3. The fourth-order valence-corrected chi connectivity index (χ4v) is 5.10. The van der Waals surface area contributed by atoms with E-state index in [1.807, 2.05) is 6.07 Å². The molecule has 1 aliphatic heterocycles. The Kier molecular flexibility index (Phi) is 4.88. The Morgan fingerprint density at radius 2 is 2.00 bits per heavy atom. The van der Waals surface area contributed by atoms with Crippen molar-refractivity contribution in [1.29, 1.82) is 0 Å². The third-order valence-electron chi connectivity index (χ3n) is 7.13. The topological polar surface area (TPSA) is 41.1 Å². The molecule has 160 valence electrons. The number of hydrogen-bond acceptors (Lipinski definition) is 3. The number of hydrogen-bond donors (Lipinski definition) is 1. The Bertz CT molecular complexity index is 1150. The van der Waals surface area contributed by atoms with Gasteiger partial charge in [-0.3, -0.25) is 0 Å². The second-order valence-electron chi connectivity index (χ2n) is 9.18. The van der Waals surface area contributed by atoms with E-state index in [1.165, 1.54) is 28.8 Å². The van der Waals surface area contributed by atoms with Gasteiger partial charge in [-0.1, -0.05) is 24.3 Å². The van der Waals surface area contributed by atoms with Crippen molar-refractivity contribution in [1.82, 2.24) is 14.9 Å². The van der Waals surface area contributed by atoms with Crippen LogP contribution in [-0.4, -0.2) is 28.5 Å². The van der Waals surface area contributed by atoms with Gasteiger partial charge in [0, 0.05) is 18.2 Å². The van der Waals surface area contributed by atoms with E-state index < -0.39 is 0 Å². The van der Waals surface area contributed by atoms with Crippen LogP contribution in [0.1, 0.15) is 54.6 Å². The monoisotopic (exact) mass is 413 g/mol. The van der Waals surface area contributed by atoms with E-state index in [9.17, 15) is 0 Å². The predicted octanol–water partition coefficient (Wildman–Crippen LogP) is 6.13. The van der Waals surface area contributed by atoms with Crippen molar-refractivity contribution in [2.75, 3.05) is 13.7 Å². The van der Waals surface area contributed by atoms with E-state index in [4.69, 9.17) is 9.72 Å². The van der Waals surface area contributed by atoms with Crippen LogP contribution < -0.4 is 4.74 Å². The molecule has 2 atom stereocenters. The molecular weight excluding hydrogens is 382 g/mol. The normalized spacial score (nSPS) is 23.4. The Morgan fingerprint density at radius 1 is 1.16 bits per heavy atom. The maximum absolute atomic E-state index is 5.45. The first kappa shape index (κ1) is 19.9. The van der Waals surface area contributed by atoms with Gasteiger partial charge in [-0.05, 0) is 87.1 Å². The van der Waals surface area contributed by atoms with Crippen LogP contribution in [0, 0.1) is 13.8 Å². The molecule has 31 heavy (non-hydrogen) atoms. The highest BCUT2D eigenvalue weighted by Gasteiger charge is 2.41. The Morgan fingerprint density at radius 3 is 2.84 bits per heavy atom. The molecule has 0 radical (unpaired) electrons. The number of ether oxygens (including phenoxy) is 1. The smallest absolute Gasteiger partial charge is 0.132 e. The van der Waals surface area contributed by atoms with Gasteiger partial charge in [-0.15, -0.1) is 0 Å². The molecule has 5 rings (SSSR count). The van der Waals surface area contributed by atoms with Crippen LogP contribution in [0.15, 0.2) is 60.3 Å². The van der Waals surface area contributed by atoms with Crippen LogP contribution in [0.5, 0.6) is 5.75 Å². The minimum Gasteiger partial charge on any atom is -0.497 e. The van der Waals surface area contributed by atoms with Crippen molar-refractivity contribution >= 4 is 11.0 Å². The average molecular weight is 414 g/mol. The van der Waals surface area contributed by atoms with Gasteiger partial charge < -0.3 is 14.6 Å². The summed E-state index contributed by atoms with van der Waals surface area (Å²) in [5, 5.41) is 0. The molecular formula is C27H31N3O. The zero-order valence-electron chi connectivity index (χ0n) is 18.9. The Balaban J connectivity index is 1.50. The molecule has 1 aromatic heterocycles. The van der Waals surface area contributed by atoms with Gasteiger partial charge in [0.1, 0.15) is 11.6 Å². The lowest BCUT2D eigenvalue weighted by Crippen LogP contribution is -2.39. The number of rotatable bonds is 4. The zero-order chi connectivity index (χ0) is 21.6. The van der Waals surface area contributed by atoms with E-state index in [-0.39, 0.29) is 5.54 Å². The summed E-state index contributed by atoms with van der Waals surface area (Å²) in [6, 6.07) is 12.9. The number of allylic oxidation sites excluding steroid dienone is 3. The van der Waals surface area contributed by atoms with Crippen molar-refractivity contribution in [3.63, 3.8) is 0 Å². The average Bonchev–Trinajstić information content (AvgIpc) is 3.38. The van der Waals surface area contributed by atoms with Gasteiger partial charge in [0.2, 0.25) is 0 Å². The van der Waals surface area contributed by atoms with Crippen LogP contribution in [-0.2, 0) is 5.54 Å². The number of aromatic nitrogens is 2. The molecule has 0 bridgehead atoms. The standard InChI is InChI=1S/C27H31N3O/c1-18-14-24-25(15-19(18)2)29-26(28-24)27(3)12-7-13-30(27)22-10-5-8-20(16-22)21-9-6-11-23(17-21)31-4/h5-6,9-11,14-17,20H,7-8,12-13H2,1-4H3,(H,28,29)/t20?,27-/m0/s1. The van der Waals surface area contributed by atoms with Crippen LogP contribution in [0.4, 0.5) is 0 Å². The van der Waals surface area contributed by atoms with Gasteiger partial charge in [-0.2, -0.15) is 0 Å². The molecule has 1 unspecified atom stereocenters. The number of nitrogens with zero attached hydrogens (tertiary/aromatic N) is 2. The third-order valence-corrected chi connectivity index (χ3v) is 7.13. The molecule has 4 nitrogen and oxygen atoms in total. The first-order valence-corrected chi connectivity index (χ1v) is 11.3. The van der Waals surface area contributed by atoms with Crippen LogP contribution >= 0.6 is 0 Å². The van der Waals surface area contributed by atoms with Crippen molar-refractivity contribution < 1.29 is 4.74 Å². The molecule has 3 aromatic rings. The molecule has 0 spiro atoms. The van der Waals surface area contributed by atoms with Crippen molar-refractivity contribution in [2.45, 2.75) is 51.5 Å². The summed E-state index contributed by atoms with van der Waals surface area (Å²) in [7, 11) is 1.73. The highest BCUT2D eigenvalue weighted by Crippen LogP contribution is 2.42. The number of fused-ring (bicyclic) bond motifs is 1. The van der Waals surface area contributed by atoms with E-state index in [0.717, 1.165) is 42.0 Å². The minimum atomic E-state index is -0.132. The molecule has 1 saturated heterocycles. The maximum Gasteiger partial charge on any atom is 0.132 e. The highest BCUT2D eigenvalue weighted by atomic mass is 16.5. The number of likely N-dealkylation sites (tertiary alicyclic amines) is 1. The number of benzene rings is 2. The SMILES string of the molecule is COc1cccc(C2C=C(N3CCC[C@@]3(C)c3nc4cc(C)c(C)cc4[nH]3)C=CC2)c1. The molecule has 4 heteroatoms. The van der Waals surface area contributed by atoms with Gasteiger partial charge in [0.25, 0.3) is 0 Å². The fourth-order valence-electron chi connectivity index (χ4n) is 5.10. The van der Waals surface area contributed by atoms with Crippen molar-refractivity contribution in [3.8, 4) is 5.75 Å². The highest BCUT2D eigenvalue weighted by molar-refractivity contribution is 5.77. The number of aryl methyl sites for hydroxylation is 2. The molecule has 1 aliphatic carbocycles. The summed E-state index contributed by atoms with van der Waals surface area (Å²) in [4.78, 5) is 11.2.